The van der Waals surface area contributed by atoms with Crippen molar-refractivity contribution in [3.8, 4) is 17.6 Å². The van der Waals surface area contributed by atoms with E-state index in [1.54, 1.807) is 30.3 Å². The molecule has 2 aromatic carbocycles. The van der Waals surface area contributed by atoms with Crippen LogP contribution in [0.25, 0.3) is 0 Å². The molecular weight excluding hydrogens is 401 g/mol. The Kier molecular flexibility index (Phi) is 6.28. The Morgan fingerprint density at radius 2 is 1.90 bits per heavy atom. The van der Waals surface area contributed by atoms with Gasteiger partial charge in [0.05, 0.1) is 24.8 Å². The lowest BCUT2D eigenvalue weighted by atomic mass is 9.84. The first kappa shape index (κ1) is 21.6. The number of nitrogens with zero attached hydrogens (tertiary/aromatic N) is 1. The molecule has 156 valence electrons. The first-order valence-corrected chi connectivity index (χ1v) is 9.92. The lowest BCUT2D eigenvalue weighted by molar-refractivity contribution is 0.279. The van der Waals surface area contributed by atoms with Crippen LogP contribution in [0, 0.1) is 22.6 Å². The maximum atomic E-state index is 13.9. The van der Waals surface area contributed by atoms with Crippen LogP contribution < -0.4 is 20.1 Å². The number of benzene rings is 2. The van der Waals surface area contributed by atoms with Gasteiger partial charge in [0.2, 0.25) is 0 Å². The Morgan fingerprint density at radius 3 is 2.53 bits per heavy atom. The number of thiocarbonyl (C=S) groups is 1. The highest BCUT2D eigenvalue weighted by atomic mass is 32.1. The average molecular weight is 426 g/mol. The van der Waals surface area contributed by atoms with Crippen LogP contribution in [0.15, 0.2) is 53.7 Å². The molecule has 1 aliphatic heterocycles. The smallest absolute Gasteiger partial charge is 0.171 e. The van der Waals surface area contributed by atoms with Crippen LogP contribution in [0.1, 0.15) is 37.9 Å². The average Bonchev–Trinajstić information content (AvgIpc) is 2.71. The van der Waals surface area contributed by atoms with Gasteiger partial charge in [-0.2, -0.15) is 5.26 Å². The van der Waals surface area contributed by atoms with E-state index in [0.29, 0.717) is 27.7 Å². The minimum atomic E-state index is -0.410. The molecule has 0 saturated carbocycles. The molecule has 2 aromatic rings. The molecular formula is C23H24FN3O2S. The zero-order valence-corrected chi connectivity index (χ0v) is 18.2. The highest BCUT2D eigenvalue weighted by molar-refractivity contribution is 7.80. The molecule has 1 aliphatic rings. The second kappa shape index (κ2) is 8.72. The third-order valence-electron chi connectivity index (χ3n) is 4.80. The van der Waals surface area contributed by atoms with E-state index in [4.69, 9.17) is 21.7 Å². The summed E-state index contributed by atoms with van der Waals surface area (Å²) < 4.78 is 25.1. The number of nitriles is 1. The van der Waals surface area contributed by atoms with Crippen molar-refractivity contribution in [2.75, 3.05) is 7.11 Å². The van der Waals surface area contributed by atoms with Gasteiger partial charge in [0.15, 0.2) is 16.6 Å². The number of halogens is 1. The minimum Gasteiger partial charge on any atom is -0.493 e. The summed E-state index contributed by atoms with van der Waals surface area (Å²) in [6, 6.07) is 13.8. The van der Waals surface area contributed by atoms with Gasteiger partial charge in [0.25, 0.3) is 0 Å². The fourth-order valence-electron chi connectivity index (χ4n) is 3.28. The standard InChI is InChI=1S/C23H24FN3O2S/c1-23(2,3)21-16(12-25)20(26-22(30)27-21)14-9-10-18(19(11-14)28-4)29-13-15-7-5-6-8-17(15)24/h5-11,20H,13H2,1-4H3,(H2,26,27,30)/t20-/m1/s1. The summed E-state index contributed by atoms with van der Waals surface area (Å²) >= 11 is 5.37. The number of hydrogen-bond acceptors (Lipinski definition) is 4. The fourth-order valence-corrected chi connectivity index (χ4v) is 3.50. The number of rotatable bonds is 5. The van der Waals surface area contributed by atoms with Gasteiger partial charge in [-0.05, 0) is 36.0 Å². The molecule has 0 saturated heterocycles. The summed E-state index contributed by atoms with van der Waals surface area (Å²) in [5.41, 5.74) is 2.35. The molecule has 0 bridgehead atoms. The van der Waals surface area contributed by atoms with Crippen LogP contribution in [0.2, 0.25) is 0 Å². The zero-order chi connectivity index (χ0) is 21.9. The van der Waals surface area contributed by atoms with Crippen LogP contribution in [-0.4, -0.2) is 12.2 Å². The summed E-state index contributed by atoms with van der Waals surface area (Å²) in [5.74, 6) is 0.656. The number of allylic oxidation sites excluding steroid dienone is 1. The van der Waals surface area contributed by atoms with Crippen molar-refractivity contribution < 1.29 is 13.9 Å². The zero-order valence-electron chi connectivity index (χ0n) is 17.4. The monoisotopic (exact) mass is 425 g/mol. The molecule has 0 spiro atoms. The third-order valence-corrected chi connectivity index (χ3v) is 5.02. The SMILES string of the molecule is COc1cc([C@H]2NC(=S)NC(C(C)(C)C)=C2C#N)ccc1OCc1ccccc1F. The molecule has 0 fully saturated rings. The predicted octanol–water partition coefficient (Wildman–Crippen LogP) is 4.76. The molecule has 1 atom stereocenters. The van der Waals surface area contributed by atoms with Gasteiger partial charge in [0, 0.05) is 16.7 Å². The molecule has 0 amide bonds. The highest BCUT2D eigenvalue weighted by Crippen LogP contribution is 2.37. The first-order valence-electron chi connectivity index (χ1n) is 9.51. The summed E-state index contributed by atoms with van der Waals surface area (Å²) in [6.07, 6.45) is 0. The summed E-state index contributed by atoms with van der Waals surface area (Å²) in [7, 11) is 1.54. The van der Waals surface area contributed by atoms with Gasteiger partial charge in [0.1, 0.15) is 12.4 Å². The minimum absolute atomic E-state index is 0.0790. The highest BCUT2D eigenvalue weighted by Gasteiger charge is 2.32. The van der Waals surface area contributed by atoms with Crippen LogP contribution in [0.3, 0.4) is 0 Å². The van der Waals surface area contributed by atoms with Crippen LogP contribution in [0.5, 0.6) is 11.5 Å². The van der Waals surface area contributed by atoms with Crippen molar-refractivity contribution in [1.29, 1.82) is 5.26 Å². The molecule has 2 N–H and O–H groups in total. The topological polar surface area (TPSA) is 66.3 Å². The van der Waals surface area contributed by atoms with Crippen molar-refractivity contribution in [3.63, 3.8) is 0 Å². The van der Waals surface area contributed by atoms with E-state index in [0.717, 1.165) is 11.3 Å². The second-order valence-electron chi connectivity index (χ2n) is 7.97. The fraction of sp³-hybridized carbons (Fsp3) is 0.304. The Bertz CT molecular complexity index is 1040. The van der Waals surface area contributed by atoms with Gasteiger partial charge < -0.3 is 20.1 Å². The molecule has 0 radical (unpaired) electrons. The lowest BCUT2D eigenvalue weighted by Crippen LogP contribution is -2.46. The van der Waals surface area contributed by atoms with Gasteiger partial charge in [-0.25, -0.2) is 4.39 Å². The Hall–Kier alpha value is -3.11. The summed E-state index contributed by atoms with van der Waals surface area (Å²) in [4.78, 5) is 0. The normalized spacial score (nSPS) is 16.4. The van der Waals surface area contributed by atoms with E-state index in [1.165, 1.54) is 13.2 Å². The van der Waals surface area contributed by atoms with E-state index in [9.17, 15) is 9.65 Å². The van der Waals surface area contributed by atoms with Gasteiger partial charge in [-0.1, -0.05) is 45.0 Å². The molecule has 5 nitrogen and oxygen atoms in total. The Labute approximate surface area is 181 Å². The quantitative estimate of drug-likeness (QED) is 0.674. The maximum Gasteiger partial charge on any atom is 0.171 e. The molecule has 7 heteroatoms. The second-order valence-corrected chi connectivity index (χ2v) is 8.38. The summed E-state index contributed by atoms with van der Waals surface area (Å²) in [6.45, 7) is 6.16. The van der Waals surface area contributed by atoms with Crippen LogP contribution in [0.4, 0.5) is 4.39 Å². The van der Waals surface area contributed by atoms with Crippen molar-refractivity contribution in [2.24, 2.45) is 5.41 Å². The lowest BCUT2D eigenvalue weighted by Gasteiger charge is -2.35. The largest absolute Gasteiger partial charge is 0.493 e. The molecule has 1 heterocycles. The molecule has 3 rings (SSSR count). The van der Waals surface area contributed by atoms with Gasteiger partial charge in [-0.15, -0.1) is 0 Å². The number of ether oxygens (including phenoxy) is 2. The van der Waals surface area contributed by atoms with Gasteiger partial charge in [-0.3, -0.25) is 0 Å². The molecule has 30 heavy (non-hydrogen) atoms. The molecule has 0 aliphatic carbocycles. The van der Waals surface area contributed by atoms with Crippen molar-refractivity contribution in [2.45, 2.75) is 33.4 Å². The predicted molar refractivity (Wildman–Crippen MR) is 117 cm³/mol. The summed E-state index contributed by atoms with van der Waals surface area (Å²) in [5, 5.41) is 16.6. The van der Waals surface area contributed by atoms with E-state index in [1.807, 2.05) is 26.8 Å². The van der Waals surface area contributed by atoms with Crippen LogP contribution in [-0.2, 0) is 6.61 Å². The maximum absolute atomic E-state index is 13.9. The molecule has 0 unspecified atom stereocenters. The van der Waals surface area contributed by atoms with Crippen molar-refractivity contribution in [3.05, 3.63) is 70.7 Å². The van der Waals surface area contributed by atoms with E-state index >= 15 is 0 Å². The van der Waals surface area contributed by atoms with E-state index in [2.05, 4.69) is 16.7 Å². The van der Waals surface area contributed by atoms with Crippen LogP contribution >= 0.6 is 12.2 Å². The number of methoxy groups -OCH3 is 1. The third kappa shape index (κ3) is 4.55. The Balaban J connectivity index is 1.93. The van der Waals surface area contributed by atoms with E-state index in [-0.39, 0.29) is 17.8 Å². The van der Waals surface area contributed by atoms with Crippen molar-refractivity contribution in [1.82, 2.24) is 10.6 Å². The number of hydrogen-bond donors (Lipinski definition) is 2. The van der Waals surface area contributed by atoms with Gasteiger partial charge >= 0.3 is 0 Å². The number of nitrogens with one attached hydrogen (secondary N) is 2. The molecule has 0 aromatic heterocycles. The van der Waals surface area contributed by atoms with E-state index < -0.39 is 6.04 Å². The first-order chi connectivity index (χ1) is 14.2. The van der Waals surface area contributed by atoms with Crippen molar-refractivity contribution >= 4 is 17.3 Å². The Morgan fingerprint density at radius 1 is 1.17 bits per heavy atom.